The maximum absolute atomic E-state index is 10.2. The highest BCUT2D eigenvalue weighted by Gasteiger charge is 2.34. The molecule has 3 aromatic rings. The molecule has 28 heavy (non-hydrogen) atoms. The largest absolute Gasteiger partial charge is 0.396 e. The van der Waals surface area contributed by atoms with Crippen LogP contribution in [0.5, 0.6) is 0 Å². The molecule has 1 aromatic heterocycles. The zero-order valence-corrected chi connectivity index (χ0v) is 16.6. The van der Waals surface area contributed by atoms with Crippen molar-refractivity contribution in [2.75, 3.05) is 19.7 Å². The molecule has 1 aliphatic heterocycles. The van der Waals surface area contributed by atoms with Gasteiger partial charge in [-0.1, -0.05) is 42.5 Å². The van der Waals surface area contributed by atoms with Gasteiger partial charge in [0, 0.05) is 25.1 Å². The van der Waals surface area contributed by atoms with Crippen LogP contribution in [0.2, 0.25) is 0 Å². The fourth-order valence-electron chi connectivity index (χ4n) is 4.40. The number of hydrogen-bond donors (Lipinski definition) is 1. The van der Waals surface area contributed by atoms with Gasteiger partial charge in [-0.3, -0.25) is 4.90 Å². The van der Waals surface area contributed by atoms with Crippen LogP contribution in [0.25, 0.3) is 11.0 Å². The Morgan fingerprint density at radius 3 is 2.46 bits per heavy atom. The Balaban J connectivity index is 1.47. The van der Waals surface area contributed by atoms with Crippen LogP contribution in [0.3, 0.4) is 0 Å². The van der Waals surface area contributed by atoms with E-state index in [1.807, 2.05) is 31.2 Å². The predicted octanol–water partition coefficient (Wildman–Crippen LogP) is 4.15. The highest BCUT2D eigenvalue weighted by molar-refractivity contribution is 5.74. The normalized spacial score (nSPS) is 20.5. The number of hydrogen-bond acceptors (Lipinski definition) is 4. The first-order valence-corrected chi connectivity index (χ1v) is 10.3. The highest BCUT2D eigenvalue weighted by Crippen LogP contribution is 2.35. The summed E-state index contributed by atoms with van der Waals surface area (Å²) in [5, 5.41) is 10.2. The number of aryl methyl sites for hydroxylation is 2. The van der Waals surface area contributed by atoms with Crippen LogP contribution in [0, 0.1) is 12.3 Å². The van der Waals surface area contributed by atoms with Crippen LogP contribution >= 0.6 is 0 Å². The van der Waals surface area contributed by atoms with Crippen LogP contribution in [0.4, 0.5) is 0 Å². The van der Waals surface area contributed by atoms with Crippen LogP contribution in [-0.4, -0.2) is 39.7 Å². The molecule has 0 bridgehead atoms. The van der Waals surface area contributed by atoms with E-state index >= 15 is 0 Å². The van der Waals surface area contributed by atoms with E-state index in [2.05, 4.69) is 35.2 Å². The first kappa shape index (κ1) is 19.0. The number of nitrogens with zero attached hydrogens (tertiary/aromatic N) is 3. The van der Waals surface area contributed by atoms with Crippen molar-refractivity contribution < 1.29 is 5.11 Å². The van der Waals surface area contributed by atoms with Crippen molar-refractivity contribution in [2.45, 2.75) is 39.2 Å². The molecule has 1 N–H and O–H groups in total. The monoisotopic (exact) mass is 375 g/mol. The third-order valence-corrected chi connectivity index (χ3v) is 6.08. The second kappa shape index (κ2) is 8.38. The molecule has 1 atom stereocenters. The number of likely N-dealkylation sites (tertiary alicyclic amines) is 1. The van der Waals surface area contributed by atoms with Crippen LogP contribution < -0.4 is 0 Å². The molecule has 0 radical (unpaired) electrons. The number of aliphatic hydroxyl groups is 1. The average Bonchev–Trinajstić information content (AvgIpc) is 2.74. The predicted molar refractivity (Wildman–Crippen MR) is 113 cm³/mol. The van der Waals surface area contributed by atoms with Gasteiger partial charge in [0.05, 0.1) is 22.4 Å². The number of fused-ring (bicyclic) bond motifs is 1. The van der Waals surface area contributed by atoms with Crippen molar-refractivity contribution in [1.29, 1.82) is 0 Å². The zero-order chi connectivity index (χ0) is 19.4. The van der Waals surface area contributed by atoms with E-state index in [-0.39, 0.29) is 12.0 Å². The van der Waals surface area contributed by atoms with E-state index in [0.717, 1.165) is 67.7 Å². The Bertz CT molecular complexity index is 928. The summed E-state index contributed by atoms with van der Waals surface area (Å²) in [5.74, 6) is 0. The molecule has 2 heterocycles. The standard InChI is InChI=1S/C24H29N3O/c1-19-23(26-22-11-6-5-10-21(22)25-19)16-27-15-7-13-24(17-27,18-28)14-12-20-8-3-2-4-9-20/h2-6,8-11,28H,7,12-18H2,1H3. The molecule has 4 heteroatoms. The van der Waals surface area contributed by atoms with Crippen molar-refractivity contribution in [3.8, 4) is 0 Å². The number of piperidine rings is 1. The second-order valence-corrected chi connectivity index (χ2v) is 8.20. The lowest BCUT2D eigenvalue weighted by molar-refractivity contribution is 0.0218. The molecule has 0 amide bonds. The molecule has 1 aliphatic rings. The number of aliphatic hydroxyl groups excluding tert-OH is 1. The minimum Gasteiger partial charge on any atom is -0.396 e. The van der Waals surface area contributed by atoms with Gasteiger partial charge in [0.1, 0.15) is 0 Å². The number of para-hydroxylation sites is 2. The SMILES string of the molecule is Cc1nc2ccccc2nc1CN1CCCC(CO)(CCc2ccccc2)C1. The van der Waals surface area contributed by atoms with Gasteiger partial charge in [-0.2, -0.15) is 0 Å². The number of rotatable bonds is 6. The minimum absolute atomic E-state index is 0.0216. The third-order valence-electron chi connectivity index (χ3n) is 6.08. The molecule has 4 rings (SSSR count). The van der Waals surface area contributed by atoms with Gasteiger partial charge in [0.2, 0.25) is 0 Å². The summed E-state index contributed by atoms with van der Waals surface area (Å²) in [5.41, 5.74) is 5.29. The maximum Gasteiger partial charge on any atom is 0.0890 e. The smallest absolute Gasteiger partial charge is 0.0890 e. The Hall–Kier alpha value is -2.30. The Morgan fingerprint density at radius 1 is 1.00 bits per heavy atom. The lowest BCUT2D eigenvalue weighted by atomic mass is 9.76. The van der Waals surface area contributed by atoms with Crippen molar-refractivity contribution in [1.82, 2.24) is 14.9 Å². The van der Waals surface area contributed by atoms with Gasteiger partial charge in [0.15, 0.2) is 0 Å². The fraction of sp³-hybridized carbons (Fsp3) is 0.417. The summed E-state index contributed by atoms with van der Waals surface area (Å²) in [6.45, 7) is 5.08. The molecule has 146 valence electrons. The van der Waals surface area contributed by atoms with Gasteiger partial charge in [-0.15, -0.1) is 0 Å². The molecule has 0 spiro atoms. The van der Waals surface area contributed by atoms with Gasteiger partial charge in [-0.05, 0) is 56.8 Å². The first-order chi connectivity index (χ1) is 13.7. The van der Waals surface area contributed by atoms with Crippen molar-refractivity contribution in [3.63, 3.8) is 0 Å². The summed E-state index contributed by atoms with van der Waals surface area (Å²) in [7, 11) is 0. The molecule has 1 fully saturated rings. The van der Waals surface area contributed by atoms with E-state index < -0.39 is 0 Å². The molecule has 0 saturated carbocycles. The van der Waals surface area contributed by atoms with Crippen molar-refractivity contribution >= 4 is 11.0 Å². The maximum atomic E-state index is 10.2. The lowest BCUT2D eigenvalue weighted by Crippen LogP contribution is -2.45. The molecular weight excluding hydrogens is 346 g/mol. The van der Waals surface area contributed by atoms with E-state index in [1.165, 1.54) is 5.56 Å². The van der Waals surface area contributed by atoms with Gasteiger partial charge in [0.25, 0.3) is 0 Å². The molecule has 4 nitrogen and oxygen atoms in total. The summed E-state index contributed by atoms with van der Waals surface area (Å²) in [6.07, 6.45) is 4.25. The fourth-order valence-corrected chi connectivity index (χ4v) is 4.40. The Morgan fingerprint density at radius 2 is 1.71 bits per heavy atom. The highest BCUT2D eigenvalue weighted by atomic mass is 16.3. The van der Waals surface area contributed by atoms with E-state index in [9.17, 15) is 5.11 Å². The van der Waals surface area contributed by atoms with Gasteiger partial charge < -0.3 is 5.11 Å². The van der Waals surface area contributed by atoms with Crippen LogP contribution in [0.1, 0.15) is 36.2 Å². The second-order valence-electron chi connectivity index (χ2n) is 8.20. The van der Waals surface area contributed by atoms with E-state index in [1.54, 1.807) is 0 Å². The number of aromatic nitrogens is 2. The Labute approximate surface area is 167 Å². The first-order valence-electron chi connectivity index (χ1n) is 10.3. The summed E-state index contributed by atoms with van der Waals surface area (Å²) < 4.78 is 0. The van der Waals surface area contributed by atoms with Gasteiger partial charge in [-0.25, -0.2) is 9.97 Å². The third kappa shape index (κ3) is 4.23. The molecule has 2 aromatic carbocycles. The lowest BCUT2D eigenvalue weighted by Gasteiger charge is -2.42. The summed E-state index contributed by atoms with van der Waals surface area (Å²) in [6, 6.07) is 18.7. The molecular formula is C24H29N3O. The van der Waals surface area contributed by atoms with E-state index in [0.29, 0.717) is 0 Å². The summed E-state index contributed by atoms with van der Waals surface area (Å²) >= 11 is 0. The molecule has 1 unspecified atom stereocenters. The van der Waals surface area contributed by atoms with Crippen molar-refractivity contribution in [3.05, 3.63) is 71.5 Å². The molecule has 0 aliphatic carbocycles. The van der Waals surface area contributed by atoms with Crippen molar-refractivity contribution in [2.24, 2.45) is 5.41 Å². The minimum atomic E-state index is -0.0216. The zero-order valence-electron chi connectivity index (χ0n) is 16.6. The topological polar surface area (TPSA) is 49.2 Å². The average molecular weight is 376 g/mol. The van der Waals surface area contributed by atoms with Crippen LogP contribution in [0.15, 0.2) is 54.6 Å². The van der Waals surface area contributed by atoms with E-state index in [4.69, 9.17) is 9.97 Å². The quantitative estimate of drug-likeness (QED) is 0.703. The van der Waals surface area contributed by atoms with Gasteiger partial charge >= 0.3 is 0 Å². The number of benzene rings is 2. The molecule has 1 saturated heterocycles. The summed E-state index contributed by atoms with van der Waals surface area (Å²) in [4.78, 5) is 12.1. The Kier molecular flexibility index (Phi) is 5.69. The van der Waals surface area contributed by atoms with Crippen LogP contribution in [-0.2, 0) is 13.0 Å².